The third-order valence-electron chi connectivity index (χ3n) is 1.69. The molecule has 3 nitrogen and oxygen atoms in total. The highest BCUT2D eigenvalue weighted by Crippen LogP contribution is 2.16. The molecule has 0 radical (unpaired) electrons. The standard InChI is InChI=1S/C9H15N3S/c1-4-7-12-8(5-2)10-11-9(12)13-6-3/h4H,1,5-7H2,2-3H3. The van der Waals surface area contributed by atoms with Gasteiger partial charge in [-0.15, -0.1) is 16.8 Å². The monoisotopic (exact) mass is 197 g/mol. The van der Waals surface area contributed by atoms with Crippen molar-refractivity contribution in [2.75, 3.05) is 5.75 Å². The molecule has 1 aromatic rings. The van der Waals surface area contributed by atoms with Gasteiger partial charge in [-0.1, -0.05) is 31.7 Å². The number of hydrogen-bond donors (Lipinski definition) is 0. The molecule has 0 N–H and O–H groups in total. The van der Waals surface area contributed by atoms with Crippen molar-refractivity contribution in [3.8, 4) is 0 Å². The predicted molar refractivity (Wildman–Crippen MR) is 56.0 cm³/mol. The third kappa shape index (κ3) is 2.34. The lowest BCUT2D eigenvalue weighted by molar-refractivity contribution is 0.685. The van der Waals surface area contributed by atoms with Crippen LogP contribution in [0.1, 0.15) is 19.7 Å². The molecule has 0 aliphatic carbocycles. The van der Waals surface area contributed by atoms with E-state index in [0.29, 0.717) is 0 Å². The summed E-state index contributed by atoms with van der Waals surface area (Å²) in [5.41, 5.74) is 0. The topological polar surface area (TPSA) is 30.7 Å². The van der Waals surface area contributed by atoms with Crippen LogP contribution in [0.15, 0.2) is 17.8 Å². The van der Waals surface area contributed by atoms with Gasteiger partial charge in [0.2, 0.25) is 0 Å². The van der Waals surface area contributed by atoms with Crippen LogP contribution in [-0.2, 0) is 13.0 Å². The molecule has 0 aromatic carbocycles. The maximum Gasteiger partial charge on any atom is 0.191 e. The van der Waals surface area contributed by atoms with Crippen molar-refractivity contribution >= 4 is 11.8 Å². The van der Waals surface area contributed by atoms with E-state index in [4.69, 9.17) is 0 Å². The normalized spacial score (nSPS) is 10.3. The first-order valence-corrected chi connectivity index (χ1v) is 5.47. The molecule has 0 saturated heterocycles. The van der Waals surface area contributed by atoms with E-state index in [1.807, 2.05) is 6.08 Å². The highest BCUT2D eigenvalue weighted by molar-refractivity contribution is 7.99. The Bertz CT molecular complexity index is 280. The summed E-state index contributed by atoms with van der Waals surface area (Å²) < 4.78 is 2.11. The van der Waals surface area contributed by atoms with Crippen LogP contribution < -0.4 is 0 Å². The van der Waals surface area contributed by atoms with E-state index in [-0.39, 0.29) is 0 Å². The molecule has 0 amide bonds. The Balaban J connectivity index is 2.91. The summed E-state index contributed by atoms with van der Waals surface area (Å²) in [5.74, 6) is 2.06. The summed E-state index contributed by atoms with van der Waals surface area (Å²) in [6.45, 7) is 8.73. The van der Waals surface area contributed by atoms with Crippen LogP contribution in [0.25, 0.3) is 0 Å². The van der Waals surface area contributed by atoms with Gasteiger partial charge in [0.25, 0.3) is 0 Å². The number of hydrogen-bond acceptors (Lipinski definition) is 3. The summed E-state index contributed by atoms with van der Waals surface area (Å²) in [4.78, 5) is 0. The van der Waals surface area contributed by atoms with Crippen LogP contribution in [0.2, 0.25) is 0 Å². The fourth-order valence-corrected chi connectivity index (χ4v) is 1.82. The minimum absolute atomic E-state index is 0.804. The fraction of sp³-hybridized carbons (Fsp3) is 0.556. The van der Waals surface area contributed by atoms with Crippen LogP contribution in [0, 0.1) is 0 Å². The first-order chi connectivity index (χ1) is 6.33. The summed E-state index contributed by atoms with van der Waals surface area (Å²) in [6.07, 6.45) is 2.80. The van der Waals surface area contributed by atoms with Crippen molar-refractivity contribution in [3.63, 3.8) is 0 Å². The van der Waals surface area contributed by atoms with E-state index >= 15 is 0 Å². The van der Waals surface area contributed by atoms with Crippen LogP contribution in [-0.4, -0.2) is 20.5 Å². The average Bonchev–Trinajstić information content (AvgIpc) is 2.50. The molecule has 1 aromatic heterocycles. The van der Waals surface area contributed by atoms with E-state index in [9.17, 15) is 0 Å². The van der Waals surface area contributed by atoms with Gasteiger partial charge in [0.05, 0.1) is 0 Å². The van der Waals surface area contributed by atoms with Gasteiger partial charge in [-0.3, -0.25) is 0 Å². The van der Waals surface area contributed by atoms with Gasteiger partial charge in [-0.05, 0) is 5.75 Å². The Morgan fingerprint density at radius 3 is 2.77 bits per heavy atom. The molecule has 0 bridgehead atoms. The summed E-state index contributed by atoms with van der Waals surface area (Å²) in [5, 5.41) is 9.24. The first kappa shape index (κ1) is 10.3. The zero-order chi connectivity index (χ0) is 9.68. The number of aromatic nitrogens is 3. The Labute approximate surface area is 83.2 Å². The van der Waals surface area contributed by atoms with E-state index in [2.05, 4.69) is 35.2 Å². The minimum atomic E-state index is 0.804. The molecular formula is C9H15N3S. The highest BCUT2D eigenvalue weighted by atomic mass is 32.2. The summed E-state index contributed by atoms with van der Waals surface area (Å²) in [7, 11) is 0. The van der Waals surface area contributed by atoms with Crippen molar-refractivity contribution in [3.05, 3.63) is 18.5 Å². The molecular weight excluding hydrogens is 182 g/mol. The molecule has 0 unspecified atom stereocenters. The van der Waals surface area contributed by atoms with Crippen molar-refractivity contribution in [1.82, 2.24) is 14.8 Å². The lowest BCUT2D eigenvalue weighted by atomic mass is 10.4. The molecule has 72 valence electrons. The van der Waals surface area contributed by atoms with Crippen molar-refractivity contribution < 1.29 is 0 Å². The molecule has 0 aliphatic heterocycles. The minimum Gasteiger partial charge on any atom is -0.302 e. The average molecular weight is 197 g/mol. The van der Waals surface area contributed by atoms with Gasteiger partial charge in [-0.2, -0.15) is 0 Å². The molecule has 1 heterocycles. The highest BCUT2D eigenvalue weighted by Gasteiger charge is 2.08. The molecule has 4 heteroatoms. The van der Waals surface area contributed by atoms with Crippen molar-refractivity contribution in [2.24, 2.45) is 0 Å². The quantitative estimate of drug-likeness (QED) is 0.535. The van der Waals surface area contributed by atoms with E-state index in [1.54, 1.807) is 11.8 Å². The molecule has 1 rings (SSSR count). The molecule has 13 heavy (non-hydrogen) atoms. The van der Waals surface area contributed by atoms with Gasteiger partial charge >= 0.3 is 0 Å². The number of rotatable bonds is 5. The Kier molecular flexibility index (Phi) is 4.02. The van der Waals surface area contributed by atoms with Gasteiger partial charge < -0.3 is 4.57 Å². The largest absolute Gasteiger partial charge is 0.302 e. The number of aryl methyl sites for hydroxylation is 1. The third-order valence-corrected chi connectivity index (χ3v) is 2.54. The summed E-state index contributed by atoms with van der Waals surface area (Å²) in [6, 6.07) is 0. The second-order valence-electron chi connectivity index (χ2n) is 2.58. The van der Waals surface area contributed by atoms with Crippen LogP contribution >= 0.6 is 11.8 Å². The Hall–Kier alpha value is -0.770. The SMILES string of the molecule is C=CCn1c(CC)nnc1SCC. The zero-order valence-corrected chi connectivity index (χ0v) is 8.97. The second kappa shape index (κ2) is 5.07. The Morgan fingerprint density at radius 2 is 2.23 bits per heavy atom. The van der Waals surface area contributed by atoms with Crippen molar-refractivity contribution in [2.45, 2.75) is 32.0 Å². The number of nitrogens with zero attached hydrogens (tertiary/aromatic N) is 3. The van der Waals surface area contributed by atoms with Crippen LogP contribution in [0.5, 0.6) is 0 Å². The first-order valence-electron chi connectivity index (χ1n) is 4.49. The zero-order valence-electron chi connectivity index (χ0n) is 8.16. The summed E-state index contributed by atoms with van der Waals surface area (Å²) >= 11 is 1.72. The smallest absolute Gasteiger partial charge is 0.191 e. The molecule has 0 spiro atoms. The number of thioether (sulfide) groups is 1. The lowest BCUT2D eigenvalue weighted by Gasteiger charge is -2.04. The van der Waals surface area contributed by atoms with E-state index < -0.39 is 0 Å². The van der Waals surface area contributed by atoms with Crippen LogP contribution in [0.3, 0.4) is 0 Å². The molecule has 0 atom stereocenters. The molecule has 0 saturated carbocycles. The van der Waals surface area contributed by atoms with Gasteiger partial charge in [0.1, 0.15) is 5.82 Å². The molecule has 0 fully saturated rings. The van der Waals surface area contributed by atoms with E-state index in [1.165, 1.54) is 0 Å². The molecule has 0 aliphatic rings. The van der Waals surface area contributed by atoms with Gasteiger partial charge in [0, 0.05) is 13.0 Å². The number of allylic oxidation sites excluding steroid dienone is 1. The second-order valence-corrected chi connectivity index (χ2v) is 3.82. The fourth-order valence-electron chi connectivity index (χ4n) is 1.13. The van der Waals surface area contributed by atoms with Crippen LogP contribution in [0.4, 0.5) is 0 Å². The lowest BCUT2D eigenvalue weighted by Crippen LogP contribution is -2.02. The maximum atomic E-state index is 4.12. The van der Waals surface area contributed by atoms with Gasteiger partial charge in [-0.25, -0.2) is 0 Å². The van der Waals surface area contributed by atoms with Gasteiger partial charge in [0.15, 0.2) is 5.16 Å². The maximum absolute atomic E-state index is 4.12. The van der Waals surface area contributed by atoms with E-state index in [0.717, 1.165) is 29.7 Å². The predicted octanol–water partition coefficient (Wildman–Crippen LogP) is 2.14. The van der Waals surface area contributed by atoms with Crippen molar-refractivity contribution in [1.29, 1.82) is 0 Å². The Morgan fingerprint density at radius 1 is 1.46 bits per heavy atom.